The van der Waals surface area contributed by atoms with Crippen molar-refractivity contribution in [1.82, 2.24) is 10.2 Å². The highest BCUT2D eigenvalue weighted by molar-refractivity contribution is 6.42. The van der Waals surface area contributed by atoms with Crippen LogP contribution in [-0.2, 0) is 30.3 Å². The van der Waals surface area contributed by atoms with Crippen LogP contribution in [0.15, 0.2) is 18.2 Å². The van der Waals surface area contributed by atoms with Crippen LogP contribution in [0.3, 0.4) is 0 Å². The summed E-state index contributed by atoms with van der Waals surface area (Å²) in [7, 11) is 0. The molecule has 0 bridgehead atoms. The van der Waals surface area contributed by atoms with Gasteiger partial charge in [0, 0.05) is 19.6 Å². The minimum Gasteiger partial charge on any atom is -0.466 e. The summed E-state index contributed by atoms with van der Waals surface area (Å²) < 4.78 is 4.80. The van der Waals surface area contributed by atoms with Crippen molar-refractivity contribution in [3.05, 3.63) is 33.8 Å². The molecule has 1 heterocycles. The van der Waals surface area contributed by atoms with Crippen molar-refractivity contribution in [2.24, 2.45) is 5.92 Å². The Labute approximate surface area is 173 Å². The van der Waals surface area contributed by atoms with Gasteiger partial charge >= 0.3 is 5.97 Å². The number of carbonyl (C=O) groups excluding carboxylic acids is 4. The Morgan fingerprint density at radius 2 is 2.00 bits per heavy atom. The molecule has 0 radical (unpaired) electrons. The highest BCUT2D eigenvalue weighted by atomic mass is 35.5. The van der Waals surface area contributed by atoms with Crippen LogP contribution in [0, 0.1) is 5.92 Å². The predicted octanol–water partition coefficient (Wildman–Crippen LogP) is 2.02. The summed E-state index contributed by atoms with van der Waals surface area (Å²) in [5.74, 6) is -3.45. The maximum atomic E-state index is 12.3. The van der Waals surface area contributed by atoms with Crippen molar-refractivity contribution < 1.29 is 23.9 Å². The lowest BCUT2D eigenvalue weighted by Gasteiger charge is -2.14. The third kappa shape index (κ3) is 5.94. The number of nitrogens with one attached hydrogen (secondary N) is 1. The molecule has 1 unspecified atom stereocenters. The topological polar surface area (TPSA) is 92.8 Å². The number of esters is 1. The second kappa shape index (κ2) is 10.4. The molecule has 1 aromatic carbocycles. The van der Waals surface area contributed by atoms with Crippen molar-refractivity contribution in [3.8, 4) is 0 Å². The van der Waals surface area contributed by atoms with E-state index in [0.29, 0.717) is 29.4 Å². The first-order valence-corrected chi connectivity index (χ1v) is 9.79. The van der Waals surface area contributed by atoms with Gasteiger partial charge in [-0.05, 0) is 37.5 Å². The quantitative estimate of drug-likeness (QED) is 0.281. The monoisotopic (exact) mass is 428 g/mol. The fourth-order valence-corrected chi connectivity index (χ4v) is 3.19. The SMILES string of the molecule is CCOC(=O)CCN1CC(C(=O)NCCCc2ccc(Cl)c(Cl)c2)C(=O)C1=O. The molecule has 2 rings (SSSR count). The van der Waals surface area contributed by atoms with Crippen molar-refractivity contribution in [3.63, 3.8) is 0 Å². The Morgan fingerprint density at radius 1 is 1.25 bits per heavy atom. The van der Waals surface area contributed by atoms with Gasteiger partial charge in [0.1, 0.15) is 5.92 Å². The molecule has 0 spiro atoms. The van der Waals surface area contributed by atoms with E-state index >= 15 is 0 Å². The Hall–Kier alpha value is -2.12. The number of ether oxygens (including phenoxy) is 1. The molecule has 1 aliphatic rings. The number of rotatable bonds is 9. The highest BCUT2D eigenvalue weighted by Crippen LogP contribution is 2.23. The molecule has 7 nitrogen and oxygen atoms in total. The van der Waals surface area contributed by atoms with Crippen LogP contribution in [0.25, 0.3) is 0 Å². The van der Waals surface area contributed by atoms with Crippen LogP contribution in [-0.4, -0.2) is 54.7 Å². The molecule has 28 heavy (non-hydrogen) atoms. The first-order chi connectivity index (χ1) is 13.3. The number of nitrogens with zero attached hydrogens (tertiary/aromatic N) is 1. The number of hydrogen-bond donors (Lipinski definition) is 1. The minimum atomic E-state index is -1.04. The molecule has 0 aliphatic carbocycles. The molecular formula is C19H22Cl2N2O5. The van der Waals surface area contributed by atoms with Gasteiger partial charge in [-0.15, -0.1) is 0 Å². The van der Waals surface area contributed by atoms with E-state index in [4.69, 9.17) is 27.9 Å². The zero-order valence-electron chi connectivity index (χ0n) is 15.5. The maximum absolute atomic E-state index is 12.3. The summed E-state index contributed by atoms with van der Waals surface area (Å²) in [6.07, 6.45) is 1.32. The number of ketones is 1. The fourth-order valence-electron chi connectivity index (χ4n) is 2.87. The lowest BCUT2D eigenvalue weighted by Crippen LogP contribution is -2.36. The van der Waals surface area contributed by atoms with Crippen LogP contribution in [0.4, 0.5) is 0 Å². The van der Waals surface area contributed by atoms with Gasteiger partial charge in [0.25, 0.3) is 5.91 Å². The van der Waals surface area contributed by atoms with Gasteiger partial charge in [-0.2, -0.15) is 0 Å². The summed E-state index contributed by atoms with van der Waals surface area (Å²) in [4.78, 5) is 48.9. The molecule has 1 saturated heterocycles. The molecule has 1 fully saturated rings. The van der Waals surface area contributed by atoms with Crippen molar-refractivity contribution in [1.29, 1.82) is 0 Å². The van der Waals surface area contributed by atoms with E-state index in [1.165, 1.54) is 4.90 Å². The molecular weight excluding hydrogens is 407 g/mol. The number of halogens is 2. The normalized spacial score (nSPS) is 16.4. The molecule has 1 N–H and O–H groups in total. The minimum absolute atomic E-state index is 0.00908. The van der Waals surface area contributed by atoms with Crippen molar-refractivity contribution >= 4 is 46.8 Å². The van der Waals surface area contributed by atoms with Gasteiger partial charge in [-0.3, -0.25) is 19.2 Å². The Morgan fingerprint density at radius 3 is 2.68 bits per heavy atom. The summed E-state index contributed by atoms with van der Waals surface area (Å²) in [5, 5.41) is 3.64. The van der Waals surface area contributed by atoms with Gasteiger partial charge in [0.05, 0.1) is 23.1 Å². The molecule has 0 aromatic heterocycles. The molecule has 1 aromatic rings. The molecule has 0 saturated carbocycles. The average molecular weight is 429 g/mol. The fraction of sp³-hybridized carbons (Fsp3) is 0.474. The average Bonchev–Trinajstić information content (AvgIpc) is 2.95. The van der Waals surface area contributed by atoms with Gasteiger partial charge in [0.2, 0.25) is 11.7 Å². The molecule has 1 atom stereocenters. The zero-order valence-corrected chi connectivity index (χ0v) is 17.0. The standard InChI is InChI=1S/C19H22Cl2N2O5/c1-2-28-16(24)7-9-23-11-13(17(25)19(23)27)18(26)22-8-3-4-12-5-6-14(20)15(21)10-12/h5-6,10,13H,2-4,7-9,11H2,1H3,(H,22,26). The number of aryl methyl sites for hydroxylation is 1. The van der Waals surface area contributed by atoms with Crippen LogP contribution in [0.2, 0.25) is 10.0 Å². The summed E-state index contributed by atoms with van der Waals surface area (Å²) >= 11 is 11.8. The third-order valence-corrected chi connectivity index (χ3v) is 5.09. The number of hydrogen-bond acceptors (Lipinski definition) is 5. The van der Waals surface area contributed by atoms with E-state index in [-0.39, 0.29) is 26.1 Å². The van der Waals surface area contributed by atoms with E-state index in [9.17, 15) is 19.2 Å². The Bertz CT molecular complexity index is 769. The second-order valence-electron chi connectivity index (χ2n) is 6.37. The molecule has 152 valence electrons. The summed E-state index contributed by atoms with van der Waals surface area (Å²) in [6.45, 7) is 2.34. The number of carbonyl (C=O) groups is 4. The van der Waals surface area contributed by atoms with Crippen LogP contribution >= 0.6 is 23.2 Å². The van der Waals surface area contributed by atoms with Crippen LogP contribution in [0.1, 0.15) is 25.3 Å². The molecule has 2 amide bonds. The first-order valence-electron chi connectivity index (χ1n) is 9.03. The number of benzene rings is 1. The number of likely N-dealkylation sites (tertiary alicyclic amines) is 1. The van der Waals surface area contributed by atoms with Gasteiger partial charge < -0.3 is 15.0 Å². The number of amides is 2. The summed E-state index contributed by atoms with van der Waals surface area (Å²) in [6, 6.07) is 5.34. The molecule has 9 heteroatoms. The van der Waals surface area contributed by atoms with E-state index < -0.39 is 29.5 Å². The lowest BCUT2D eigenvalue weighted by atomic mass is 10.1. The van der Waals surface area contributed by atoms with E-state index in [1.54, 1.807) is 19.1 Å². The predicted molar refractivity (Wildman–Crippen MR) is 104 cm³/mol. The van der Waals surface area contributed by atoms with E-state index in [2.05, 4.69) is 5.32 Å². The maximum Gasteiger partial charge on any atom is 0.307 e. The van der Waals surface area contributed by atoms with Gasteiger partial charge in [0.15, 0.2) is 0 Å². The Balaban J connectivity index is 1.77. The largest absolute Gasteiger partial charge is 0.466 e. The van der Waals surface area contributed by atoms with Crippen molar-refractivity contribution in [2.75, 3.05) is 26.2 Å². The number of Topliss-reactive ketones (excluding diaryl/α,β-unsaturated/α-hetero) is 1. The van der Waals surface area contributed by atoms with Crippen LogP contribution < -0.4 is 5.32 Å². The summed E-state index contributed by atoms with van der Waals surface area (Å²) in [5.41, 5.74) is 0.987. The van der Waals surface area contributed by atoms with Gasteiger partial charge in [-0.1, -0.05) is 29.3 Å². The van der Waals surface area contributed by atoms with Crippen LogP contribution in [0.5, 0.6) is 0 Å². The zero-order chi connectivity index (χ0) is 20.7. The molecule has 1 aliphatic heterocycles. The lowest BCUT2D eigenvalue weighted by molar-refractivity contribution is -0.145. The third-order valence-electron chi connectivity index (χ3n) is 4.35. The first kappa shape index (κ1) is 22.2. The van der Waals surface area contributed by atoms with E-state index in [0.717, 1.165) is 5.56 Å². The van der Waals surface area contributed by atoms with E-state index in [1.807, 2.05) is 6.07 Å². The highest BCUT2D eigenvalue weighted by Gasteiger charge is 2.42. The van der Waals surface area contributed by atoms with Crippen molar-refractivity contribution in [2.45, 2.75) is 26.2 Å². The van der Waals surface area contributed by atoms with Gasteiger partial charge in [-0.25, -0.2) is 0 Å². The smallest absolute Gasteiger partial charge is 0.307 e. The second-order valence-corrected chi connectivity index (χ2v) is 7.18. The Kier molecular flexibility index (Phi) is 8.26.